The second kappa shape index (κ2) is 3.06. The molecule has 0 saturated carbocycles. The van der Waals surface area contributed by atoms with E-state index in [1.807, 2.05) is 0 Å². The number of pyridine rings is 1. The molecule has 0 aliphatic carbocycles. The number of rotatable bonds is 1. The minimum absolute atomic E-state index is 0.265. The maximum Gasteiger partial charge on any atom is 0.322 e. The van der Waals surface area contributed by atoms with Crippen molar-refractivity contribution in [3.05, 3.63) is 33.9 Å². The standard InChI is InChI=1S/C7H4FN3OS/c8-5-1-4(2-9-3-5)6-10-11-7(12)13-6/h1-3H,(H,11,12). The van der Waals surface area contributed by atoms with E-state index in [1.165, 1.54) is 12.3 Å². The predicted octanol–water partition coefficient (Wildman–Crippen LogP) is 1.03. The molecule has 0 amide bonds. The summed E-state index contributed by atoms with van der Waals surface area (Å²) in [7, 11) is 0. The normalized spacial score (nSPS) is 10.2. The molecule has 1 N–H and O–H groups in total. The van der Waals surface area contributed by atoms with Crippen LogP contribution in [0.4, 0.5) is 4.39 Å². The van der Waals surface area contributed by atoms with Crippen molar-refractivity contribution in [2.24, 2.45) is 0 Å². The van der Waals surface area contributed by atoms with Gasteiger partial charge in [0.05, 0.1) is 6.20 Å². The van der Waals surface area contributed by atoms with Gasteiger partial charge in [0.2, 0.25) is 0 Å². The maximum atomic E-state index is 12.7. The summed E-state index contributed by atoms with van der Waals surface area (Å²) >= 11 is 0.921. The van der Waals surface area contributed by atoms with Crippen LogP contribution >= 0.6 is 11.3 Å². The first-order valence-electron chi connectivity index (χ1n) is 3.42. The van der Waals surface area contributed by atoms with E-state index >= 15 is 0 Å². The second-order valence-electron chi connectivity index (χ2n) is 2.31. The van der Waals surface area contributed by atoms with Crippen molar-refractivity contribution >= 4 is 11.3 Å². The quantitative estimate of drug-likeness (QED) is 0.742. The Balaban J connectivity index is 2.52. The average Bonchev–Trinajstić information content (AvgIpc) is 2.52. The summed E-state index contributed by atoms with van der Waals surface area (Å²) in [5.74, 6) is -0.444. The van der Waals surface area contributed by atoms with Crippen molar-refractivity contribution in [2.75, 3.05) is 0 Å². The third-order valence-electron chi connectivity index (χ3n) is 1.39. The molecule has 2 rings (SSSR count). The maximum absolute atomic E-state index is 12.7. The molecule has 2 aromatic rings. The number of halogens is 1. The SMILES string of the molecule is O=c1[nH]nc(-c2cncc(F)c2)s1. The van der Waals surface area contributed by atoms with Crippen LogP contribution in [0, 0.1) is 5.82 Å². The minimum atomic E-state index is -0.444. The van der Waals surface area contributed by atoms with E-state index in [9.17, 15) is 9.18 Å². The molecule has 0 unspecified atom stereocenters. The number of nitrogens with one attached hydrogen (secondary N) is 1. The summed E-state index contributed by atoms with van der Waals surface area (Å²) in [6, 6.07) is 1.28. The van der Waals surface area contributed by atoms with Gasteiger partial charge in [-0.25, -0.2) is 9.49 Å². The Kier molecular flexibility index (Phi) is 1.90. The molecule has 2 heterocycles. The number of H-pyrrole nitrogens is 1. The molecular weight excluding hydrogens is 193 g/mol. The molecule has 6 heteroatoms. The molecule has 2 aromatic heterocycles. The Hall–Kier alpha value is -1.56. The highest BCUT2D eigenvalue weighted by Crippen LogP contribution is 2.17. The van der Waals surface area contributed by atoms with Gasteiger partial charge in [-0.1, -0.05) is 11.3 Å². The summed E-state index contributed by atoms with van der Waals surface area (Å²) in [6.45, 7) is 0. The molecule has 0 aliphatic rings. The zero-order chi connectivity index (χ0) is 9.26. The van der Waals surface area contributed by atoms with E-state index in [2.05, 4.69) is 15.2 Å². The van der Waals surface area contributed by atoms with Crippen molar-refractivity contribution in [2.45, 2.75) is 0 Å². The summed E-state index contributed by atoms with van der Waals surface area (Å²) < 4.78 is 12.7. The second-order valence-corrected chi connectivity index (χ2v) is 3.27. The lowest BCUT2D eigenvalue weighted by molar-refractivity contribution is 0.622. The lowest BCUT2D eigenvalue weighted by atomic mass is 10.3. The molecule has 0 aromatic carbocycles. The van der Waals surface area contributed by atoms with Gasteiger partial charge in [-0.05, 0) is 6.07 Å². The van der Waals surface area contributed by atoms with Crippen LogP contribution in [0.3, 0.4) is 0 Å². The first-order chi connectivity index (χ1) is 6.25. The summed E-state index contributed by atoms with van der Waals surface area (Å²) in [6.07, 6.45) is 2.55. The zero-order valence-electron chi connectivity index (χ0n) is 6.32. The van der Waals surface area contributed by atoms with Gasteiger partial charge in [0.1, 0.15) is 10.8 Å². The van der Waals surface area contributed by atoms with Crippen LogP contribution in [0.5, 0.6) is 0 Å². The Morgan fingerprint density at radius 2 is 2.31 bits per heavy atom. The molecular formula is C7H4FN3OS. The van der Waals surface area contributed by atoms with Crippen LogP contribution < -0.4 is 4.87 Å². The minimum Gasteiger partial charge on any atom is -0.261 e. The third kappa shape index (κ3) is 1.62. The van der Waals surface area contributed by atoms with Crippen molar-refractivity contribution in [3.8, 4) is 10.6 Å². The molecule has 0 atom stereocenters. The van der Waals surface area contributed by atoms with Gasteiger partial charge in [-0.2, -0.15) is 5.10 Å². The van der Waals surface area contributed by atoms with E-state index < -0.39 is 5.82 Å². The van der Waals surface area contributed by atoms with Gasteiger partial charge < -0.3 is 0 Å². The molecule has 0 spiro atoms. The highest BCUT2D eigenvalue weighted by atomic mass is 32.1. The van der Waals surface area contributed by atoms with Crippen molar-refractivity contribution in [3.63, 3.8) is 0 Å². The largest absolute Gasteiger partial charge is 0.322 e. The van der Waals surface area contributed by atoms with Gasteiger partial charge in [-0.15, -0.1) is 0 Å². The van der Waals surface area contributed by atoms with Crippen LogP contribution in [0.2, 0.25) is 0 Å². The van der Waals surface area contributed by atoms with Crippen LogP contribution in [0.15, 0.2) is 23.3 Å². The van der Waals surface area contributed by atoms with Crippen molar-refractivity contribution < 1.29 is 4.39 Å². The topological polar surface area (TPSA) is 58.6 Å². The van der Waals surface area contributed by atoms with E-state index in [-0.39, 0.29) is 4.87 Å². The zero-order valence-corrected chi connectivity index (χ0v) is 7.14. The first-order valence-corrected chi connectivity index (χ1v) is 4.24. The highest BCUT2D eigenvalue weighted by molar-refractivity contribution is 7.12. The Labute approximate surface area is 76.1 Å². The molecule has 4 nitrogen and oxygen atoms in total. The number of aromatic nitrogens is 3. The fourth-order valence-electron chi connectivity index (χ4n) is 0.882. The fraction of sp³-hybridized carbons (Fsp3) is 0. The Morgan fingerprint density at radius 3 is 2.92 bits per heavy atom. The predicted molar refractivity (Wildman–Crippen MR) is 45.9 cm³/mol. The van der Waals surface area contributed by atoms with Crippen LogP contribution in [0.25, 0.3) is 10.6 Å². The number of nitrogens with zero attached hydrogens (tertiary/aromatic N) is 2. The number of aromatic amines is 1. The van der Waals surface area contributed by atoms with Gasteiger partial charge in [0.15, 0.2) is 0 Å². The van der Waals surface area contributed by atoms with E-state index in [0.717, 1.165) is 17.5 Å². The van der Waals surface area contributed by atoms with Crippen LogP contribution in [0.1, 0.15) is 0 Å². The smallest absolute Gasteiger partial charge is 0.261 e. The molecule has 0 saturated heterocycles. The van der Waals surface area contributed by atoms with Crippen molar-refractivity contribution in [1.82, 2.24) is 15.2 Å². The Bertz CT molecular complexity index is 478. The Morgan fingerprint density at radius 1 is 1.46 bits per heavy atom. The van der Waals surface area contributed by atoms with Gasteiger partial charge in [0.25, 0.3) is 0 Å². The summed E-state index contributed by atoms with van der Waals surface area (Å²) in [4.78, 5) is 14.1. The molecule has 0 aliphatic heterocycles. The van der Waals surface area contributed by atoms with Crippen molar-refractivity contribution in [1.29, 1.82) is 0 Å². The molecule has 0 fully saturated rings. The van der Waals surface area contributed by atoms with Gasteiger partial charge >= 0.3 is 4.87 Å². The van der Waals surface area contributed by atoms with E-state index in [1.54, 1.807) is 0 Å². The molecule has 13 heavy (non-hydrogen) atoms. The number of hydrogen-bond acceptors (Lipinski definition) is 4. The first kappa shape index (κ1) is 8.06. The monoisotopic (exact) mass is 197 g/mol. The average molecular weight is 197 g/mol. The van der Waals surface area contributed by atoms with Crippen LogP contribution in [-0.2, 0) is 0 Å². The van der Waals surface area contributed by atoms with Gasteiger partial charge in [0, 0.05) is 11.8 Å². The molecule has 0 bridgehead atoms. The van der Waals surface area contributed by atoms with Crippen LogP contribution in [-0.4, -0.2) is 15.2 Å². The molecule has 0 radical (unpaired) electrons. The highest BCUT2D eigenvalue weighted by Gasteiger charge is 2.04. The summed E-state index contributed by atoms with van der Waals surface area (Å²) in [5.41, 5.74) is 0.503. The summed E-state index contributed by atoms with van der Waals surface area (Å²) in [5, 5.41) is 6.39. The number of hydrogen-bond donors (Lipinski definition) is 1. The molecule has 66 valence electrons. The van der Waals surface area contributed by atoms with E-state index in [0.29, 0.717) is 10.6 Å². The fourth-order valence-corrected chi connectivity index (χ4v) is 1.47. The third-order valence-corrected chi connectivity index (χ3v) is 2.19. The lowest BCUT2D eigenvalue weighted by Crippen LogP contribution is -1.90. The lowest BCUT2D eigenvalue weighted by Gasteiger charge is -1.92. The van der Waals surface area contributed by atoms with E-state index in [4.69, 9.17) is 0 Å². The van der Waals surface area contributed by atoms with Gasteiger partial charge in [-0.3, -0.25) is 9.78 Å².